The Balaban J connectivity index is 2.15. The Morgan fingerprint density at radius 3 is 2.85 bits per heavy atom. The largest absolute Gasteiger partial charge is 0.485 e. The number of nitrogens with one attached hydrogen (secondary N) is 1. The molecule has 1 aliphatic heterocycles. The molecule has 0 spiro atoms. The molecule has 1 unspecified atom stereocenters. The maximum atomic E-state index is 14.0. The molecule has 3 nitrogen and oxygen atoms in total. The molecule has 1 aromatic carbocycles. The summed E-state index contributed by atoms with van der Waals surface area (Å²) in [5.41, 5.74) is 0.502. The molecule has 20 heavy (non-hydrogen) atoms. The van der Waals surface area contributed by atoms with Crippen LogP contribution in [0.15, 0.2) is 12.1 Å². The number of benzene rings is 1. The van der Waals surface area contributed by atoms with E-state index in [-0.39, 0.29) is 17.9 Å². The summed E-state index contributed by atoms with van der Waals surface area (Å²) < 4.78 is 38.3. The SMILES string of the molecule is CC(C)NCc1cc(F)cc(F)c1OC1CCCOC1. The Kier molecular flexibility index (Phi) is 5.31. The van der Waals surface area contributed by atoms with E-state index < -0.39 is 11.6 Å². The first-order valence-electron chi connectivity index (χ1n) is 7.02. The van der Waals surface area contributed by atoms with Gasteiger partial charge in [-0.1, -0.05) is 13.8 Å². The van der Waals surface area contributed by atoms with Crippen molar-refractivity contribution in [3.05, 3.63) is 29.3 Å². The Morgan fingerprint density at radius 1 is 1.40 bits per heavy atom. The van der Waals surface area contributed by atoms with Crippen LogP contribution < -0.4 is 10.1 Å². The summed E-state index contributed by atoms with van der Waals surface area (Å²) in [4.78, 5) is 0. The Labute approximate surface area is 118 Å². The van der Waals surface area contributed by atoms with Crippen LogP contribution in [0, 0.1) is 11.6 Å². The van der Waals surface area contributed by atoms with Gasteiger partial charge < -0.3 is 14.8 Å². The molecule has 0 aliphatic carbocycles. The van der Waals surface area contributed by atoms with Gasteiger partial charge in [-0.15, -0.1) is 0 Å². The van der Waals surface area contributed by atoms with Crippen LogP contribution in [0.25, 0.3) is 0 Å². The first kappa shape index (κ1) is 15.2. The Hall–Kier alpha value is -1.20. The van der Waals surface area contributed by atoms with Crippen LogP contribution >= 0.6 is 0 Å². The van der Waals surface area contributed by atoms with Gasteiger partial charge in [0.05, 0.1) is 6.61 Å². The van der Waals surface area contributed by atoms with Crippen LogP contribution in [0.2, 0.25) is 0 Å². The highest BCUT2D eigenvalue weighted by molar-refractivity contribution is 5.36. The van der Waals surface area contributed by atoms with Crippen molar-refractivity contribution < 1.29 is 18.3 Å². The smallest absolute Gasteiger partial charge is 0.168 e. The van der Waals surface area contributed by atoms with Crippen molar-refractivity contribution >= 4 is 0 Å². The molecular weight excluding hydrogens is 264 g/mol. The maximum Gasteiger partial charge on any atom is 0.168 e. The van der Waals surface area contributed by atoms with Crippen LogP contribution in [0.3, 0.4) is 0 Å². The van der Waals surface area contributed by atoms with E-state index in [2.05, 4.69) is 5.32 Å². The Morgan fingerprint density at radius 2 is 2.20 bits per heavy atom. The van der Waals surface area contributed by atoms with E-state index in [1.165, 1.54) is 6.07 Å². The lowest BCUT2D eigenvalue weighted by atomic mass is 10.1. The molecule has 0 radical (unpaired) electrons. The van der Waals surface area contributed by atoms with E-state index in [0.29, 0.717) is 25.3 Å². The van der Waals surface area contributed by atoms with Gasteiger partial charge in [-0.25, -0.2) is 8.78 Å². The lowest BCUT2D eigenvalue weighted by Gasteiger charge is -2.25. The van der Waals surface area contributed by atoms with Crippen molar-refractivity contribution in [1.82, 2.24) is 5.32 Å². The molecule has 1 aromatic rings. The first-order valence-corrected chi connectivity index (χ1v) is 7.02. The third-order valence-corrected chi connectivity index (χ3v) is 3.19. The molecule has 1 heterocycles. The third-order valence-electron chi connectivity index (χ3n) is 3.19. The highest BCUT2D eigenvalue weighted by Gasteiger charge is 2.20. The van der Waals surface area contributed by atoms with Gasteiger partial charge >= 0.3 is 0 Å². The van der Waals surface area contributed by atoms with Crippen LogP contribution in [0.5, 0.6) is 5.75 Å². The fourth-order valence-corrected chi connectivity index (χ4v) is 2.16. The molecule has 112 valence electrons. The number of rotatable bonds is 5. The van der Waals surface area contributed by atoms with Crippen LogP contribution in [0.1, 0.15) is 32.3 Å². The molecule has 1 N–H and O–H groups in total. The highest BCUT2D eigenvalue weighted by Crippen LogP contribution is 2.27. The molecule has 0 amide bonds. The van der Waals surface area contributed by atoms with Gasteiger partial charge in [-0.3, -0.25) is 0 Å². The van der Waals surface area contributed by atoms with Crippen molar-refractivity contribution in [2.75, 3.05) is 13.2 Å². The maximum absolute atomic E-state index is 14.0. The van der Waals surface area contributed by atoms with Crippen LogP contribution in [-0.2, 0) is 11.3 Å². The standard InChI is InChI=1S/C15H21F2NO2/c1-10(2)18-8-11-6-12(16)7-14(17)15(11)20-13-4-3-5-19-9-13/h6-7,10,13,18H,3-5,8-9H2,1-2H3. The topological polar surface area (TPSA) is 30.5 Å². The minimum Gasteiger partial charge on any atom is -0.485 e. The van der Waals surface area contributed by atoms with Gasteiger partial charge in [0.25, 0.3) is 0 Å². The molecule has 1 aliphatic rings. The molecule has 1 atom stereocenters. The second-order valence-corrected chi connectivity index (χ2v) is 5.37. The molecule has 0 aromatic heterocycles. The van der Waals surface area contributed by atoms with Gasteiger partial charge in [0, 0.05) is 30.8 Å². The molecule has 0 bridgehead atoms. The second-order valence-electron chi connectivity index (χ2n) is 5.37. The normalized spacial score (nSPS) is 19.4. The summed E-state index contributed by atoms with van der Waals surface area (Å²) >= 11 is 0. The fourth-order valence-electron chi connectivity index (χ4n) is 2.16. The zero-order valence-corrected chi connectivity index (χ0v) is 11.9. The monoisotopic (exact) mass is 285 g/mol. The van der Waals surface area contributed by atoms with Crippen LogP contribution in [0.4, 0.5) is 8.78 Å². The van der Waals surface area contributed by atoms with E-state index in [9.17, 15) is 8.78 Å². The van der Waals surface area contributed by atoms with Gasteiger partial charge in [0.15, 0.2) is 11.6 Å². The van der Waals surface area contributed by atoms with Crippen molar-refractivity contribution in [1.29, 1.82) is 0 Å². The zero-order valence-electron chi connectivity index (χ0n) is 11.9. The van der Waals surface area contributed by atoms with Crippen LogP contribution in [-0.4, -0.2) is 25.4 Å². The van der Waals surface area contributed by atoms with E-state index in [1.807, 2.05) is 13.8 Å². The van der Waals surface area contributed by atoms with Crippen molar-refractivity contribution in [3.63, 3.8) is 0 Å². The summed E-state index contributed by atoms with van der Waals surface area (Å²) in [6.07, 6.45) is 1.56. The van der Waals surface area contributed by atoms with E-state index in [1.54, 1.807) is 0 Å². The summed E-state index contributed by atoms with van der Waals surface area (Å²) in [5.74, 6) is -1.11. The fraction of sp³-hybridized carbons (Fsp3) is 0.600. The minimum absolute atomic E-state index is 0.134. The Bertz CT molecular complexity index is 446. The average Bonchev–Trinajstić information content (AvgIpc) is 2.41. The number of ether oxygens (including phenoxy) is 2. The lowest BCUT2D eigenvalue weighted by Crippen LogP contribution is -2.29. The van der Waals surface area contributed by atoms with E-state index >= 15 is 0 Å². The molecular formula is C15H21F2NO2. The van der Waals surface area contributed by atoms with E-state index in [4.69, 9.17) is 9.47 Å². The number of hydrogen-bond acceptors (Lipinski definition) is 3. The van der Waals surface area contributed by atoms with Crippen molar-refractivity contribution in [3.8, 4) is 5.75 Å². The molecule has 5 heteroatoms. The van der Waals surface area contributed by atoms with Gasteiger partial charge in [0.2, 0.25) is 0 Å². The quantitative estimate of drug-likeness (QED) is 0.902. The lowest BCUT2D eigenvalue weighted by molar-refractivity contribution is 0.00535. The summed E-state index contributed by atoms with van der Waals surface area (Å²) in [5, 5.41) is 3.15. The predicted octanol–water partition coefficient (Wildman–Crippen LogP) is 3.02. The van der Waals surface area contributed by atoms with E-state index in [0.717, 1.165) is 18.9 Å². The first-order chi connectivity index (χ1) is 9.56. The average molecular weight is 285 g/mol. The summed E-state index contributed by atoms with van der Waals surface area (Å²) in [7, 11) is 0. The summed E-state index contributed by atoms with van der Waals surface area (Å²) in [6, 6.07) is 2.40. The second kappa shape index (κ2) is 6.99. The summed E-state index contributed by atoms with van der Waals surface area (Å²) in [6.45, 7) is 5.49. The molecule has 1 saturated heterocycles. The molecule has 1 fully saturated rings. The predicted molar refractivity (Wildman–Crippen MR) is 72.8 cm³/mol. The van der Waals surface area contributed by atoms with Crippen molar-refractivity contribution in [2.24, 2.45) is 0 Å². The van der Waals surface area contributed by atoms with Gasteiger partial charge in [-0.2, -0.15) is 0 Å². The highest BCUT2D eigenvalue weighted by atomic mass is 19.1. The number of hydrogen-bond donors (Lipinski definition) is 1. The van der Waals surface area contributed by atoms with Gasteiger partial charge in [-0.05, 0) is 18.9 Å². The minimum atomic E-state index is -0.656. The van der Waals surface area contributed by atoms with Crippen molar-refractivity contribution in [2.45, 2.75) is 45.4 Å². The van der Waals surface area contributed by atoms with Gasteiger partial charge in [0.1, 0.15) is 11.9 Å². The molecule has 0 saturated carbocycles. The molecule has 2 rings (SSSR count). The zero-order chi connectivity index (χ0) is 14.5. The number of halogens is 2. The third kappa shape index (κ3) is 4.15.